The Balaban J connectivity index is 1.89. The number of rotatable bonds is 2. The number of nitriles is 3. The largest absolute Gasteiger partial charge is 0.351 e. The van der Waals surface area contributed by atoms with Crippen LogP contribution in [0.25, 0.3) is 20.7 Å². The Morgan fingerprint density at radius 1 is 0.967 bits per heavy atom. The molecule has 144 valence electrons. The number of hydrogen-bond acceptors (Lipinski definition) is 7. The van der Waals surface area contributed by atoms with Crippen LogP contribution in [0.1, 0.15) is 49.3 Å². The van der Waals surface area contributed by atoms with Gasteiger partial charge in [-0.1, -0.05) is 50.6 Å². The Bertz CT molecular complexity index is 1350. The molecule has 0 amide bonds. The van der Waals surface area contributed by atoms with Crippen molar-refractivity contribution in [3.8, 4) is 28.0 Å². The van der Waals surface area contributed by atoms with Gasteiger partial charge in [-0.25, -0.2) is 10.3 Å². The predicted molar refractivity (Wildman–Crippen MR) is 119 cm³/mol. The fourth-order valence-corrected chi connectivity index (χ4v) is 7.01. The van der Waals surface area contributed by atoms with Gasteiger partial charge in [0, 0.05) is 26.7 Å². The minimum Gasteiger partial charge on any atom is -0.351 e. The van der Waals surface area contributed by atoms with Crippen LogP contribution in [0.3, 0.4) is 0 Å². The maximum atomic E-state index is 9.10. The topological polar surface area (TPSA) is 100 Å². The summed E-state index contributed by atoms with van der Waals surface area (Å²) in [4.78, 5) is 15.1. The van der Waals surface area contributed by atoms with Crippen molar-refractivity contribution in [2.75, 3.05) is 0 Å². The second kappa shape index (κ2) is 6.48. The fraction of sp³-hybridized carbons (Fsp3) is 0.273. The molecule has 0 fully saturated rings. The number of hydrogen-bond donors (Lipinski definition) is 0. The summed E-state index contributed by atoms with van der Waals surface area (Å²) in [5, 5.41) is 27.9. The van der Waals surface area contributed by atoms with Crippen molar-refractivity contribution < 1.29 is 0 Å². The zero-order valence-corrected chi connectivity index (χ0v) is 18.3. The second-order valence-electron chi connectivity index (χ2n) is 8.00. The van der Waals surface area contributed by atoms with Crippen LogP contribution in [0, 0.1) is 40.6 Å². The van der Waals surface area contributed by atoms with E-state index in [1.54, 1.807) is 11.3 Å². The molecule has 0 aromatic carbocycles. The Kier molecular flexibility index (Phi) is 4.26. The molecule has 2 aliphatic rings. The molecular formula is C22H14N6S2. The van der Waals surface area contributed by atoms with Crippen molar-refractivity contribution in [2.24, 2.45) is 9.98 Å². The molecule has 2 aromatic heterocycles. The summed E-state index contributed by atoms with van der Waals surface area (Å²) >= 11 is 3.17. The molecule has 0 atom stereocenters. The average molecular weight is 427 g/mol. The number of aliphatic imine (C=N–C) groups is 2. The molecule has 2 heterocycles. The molecular weight excluding hydrogens is 412 g/mol. The minimum atomic E-state index is -0.428. The van der Waals surface area contributed by atoms with E-state index in [4.69, 9.17) is 22.4 Å². The predicted octanol–water partition coefficient (Wildman–Crippen LogP) is 5.71. The summed E-state index contributed by atoms with van der Waals surface area (Å²) in [6.07, 6.45) is 1.97. The zero-order chi connectivity index (χ0) is 21.8. The van der Waals surface area contributed by atoms with Gasteiger partial charge in [-0.2, -0.15) is 10.5 Å². The van der Waals surface area contributed by atoms with Crippen molar-refractivity contribution in [1.82, 2.24) is 0 Å². The van der Waals surface area contributed by atoms with E-state index < -0.39 is 5.41 Å². The molecule has 0 unspecified atom stereocenters. The van der Waals surface area contributed by atoms with E-state index in [0.29, 0.717) is 5.00 Å². The van der Waals surface area contributed by atoms with E-state index in [1.807, 2.05) is 30.4 Å². The van der Waals surface area contributed by atoms with Crippen LogP contribution in [0.2, 0.25) is 0 Å². The lowest BCUT2D eigenvalue weighted by Gasteiger charge is -2.28. The first-order chi connectivity index (χ1) is 14.2. The van der Waals surface area contributed by atoms with E-state index >= 15 is 0 Å². The third-order valence-electron chi connectivity index (χ3n) is 5.56. The number of allylic oxidation sites excluding steroid dienone is 1. The SMILES string of the molecule is [C-]#[N+]C(C#N)=Nc1cc2c(s1)-c1sc3c(c1C2(C)C)C(C)(C)C(N=C(C#N)C#N)=C3. The van der Waals surface area contributed by atoms with Gasteiger partial charge in [0.25, 0.3) is 0 Å². The maximum absolute atomic E-state index is 9.10. The van der Waals surface area contributed by atoms with Gasteiger partial charge >= 0.3 is 5.84 Å². The van der Waals surface area contributed by atoms with Crippen molar-refractivity contribution in [3.63, 3.8) is 0 Å². The first-order valence-corrected chi connectivity index (χ1v) is 10.6. The van der Waals surface area contributed by atoms with Gasteiger partial charge in [0.05, 0.1) is 10.6 Å². The van der Waals surface area contributed by atoms with Crippen molar-refractivity contribution in [3.05, 3.63) is 44.7 Å². The molecule has 0 N–H and O–H groups in total. The lowest BCUT2D eigenvalue weighted by molar-refractivity contribution is 0.589. The highest BCUT2D eigenvalue weighted by Crippen LogP contribution is 2.62. The van der Waals surface area contributed by atoms with E-state index in [1.165, 1.54) is 27.3 Å². The van der Waals surface area contributed by atoms with Gasteiger partial charge < -0.3 is 4.85 Å². The molecule has 0 saturated carbocycles. The molecule has 0 spiro atoms. The van der Waals surface area contributed by atoms with Gasteiger partial charge in [-0.3, -0.25) is 0 Å². The number of thiophene rings is 2. The van der Waals surface area contributed by atoms with Crippen molar-refractivity contribution in [2.45, 2.75) is 38.5 Å². The Hall–Kier alpha value is -3.56. The molecule has 0 saturated heterocycles. The fourth-order valence-electron chi connectivity index (χ4n) is 4.11. The Morgan fingerprint density at radius 2 is 1.67 bits per heavy atom. The van der Waals surface area contributed by atoms with Crippen LogP contribution in [0.15, 0.2) is 21.7 Å². The molecule has 4 rings (SSSR count). The maximum Gasteiger partial charge on any atom is 0.350 e. The summed E-state index contributed by atoms with van der Waals surface area (Å²) in [5.41, 5.74) is 3.44. The second-order valence-corrected chi connectivity index (χ2v) is 10.1. The molecule has 0 radical (unpaired) electrons. The normalized spacial score (nSPS) is 16.8. The molecule has 0 aliphatic heterocycles. The van der Waals surface area contributed by atoms with E-state index in [2.05, 4.69) is 42.5 Å². The summed E-state index contributed by atoms with van der Waals surface area (Å²) in [5.74, 6) is -0.168. The minimum absolute atomic E-state index is 0.143. The molecule has 2 aromatic rings. The smallest absolute Gasteiger partial charge is 0.350 e. The summed E-state index contributed by atoms with van der Waals surface area (Å²) in [6, 6.07) is 7.47. The average Bonchev–Trinajstić information content (AvgIpc) is 3.39. The van der Waals surface area contributed by atoms with E-state index in [9.17, 15) is 0 Å². The van der Waals surface area contributed by atoms with Gasteiger partial charge in [0.15, 0.2) is 0 Å². The Labute approximate surface area is 182 Å². The lowest BCUT2D eigenvalue weighted by Crippen LogP contribution is -2.24. The van der Waals surface area contributed by atoms with Crippen LogP contribution in [-0.4, -0.2) is 11.5 Å². The quantitative estimate of drug-likeness (QED) is 0.349. The van der Waals surface area contributed by atoms with Crippen LogP contribution in [-0.2, 0) is 10.8 Å². The third-order valence-corrected chi connectivity index (χ3v) is 7.89. The van der Waals surface area contributed by atoms with Gasteiger partial charge in [0.2, 0.25) is 10.7 Å². The summed E-state index contributed by atoms with van der Waals surface area (Å²) in [6.45, 7) is 15.5. The standard InChI is InChI=1S/C22H14N6S2/c1-21(2)12-6-16(28-15(10-25)26-5)30-19(12)20-18(21)17-13(29-20)7-14(22(17,3)4)27-11(8-23)9-24/h6-7H,1-4H3. The highest BCUT2D eigenvalue weighted by molar-refractivity contribution is 7.25. The van der Waals surface area contributed by atoms with Crippen LogP contribution in [0.4, 0.5) is 5.00 Å². The summed E-state index contributed by atoms with van der Waals surface area (Å²) < 4.78 is 0. The van der Waals surface area contributed by atoms with Crippen molar-refractivity contribution >= 4 is 45.3 Å². The summed E-state index contributed by atoms with van der Waals surface area (Å²) in [7, 11) is 0. The number of nitrogens with zero attached hydrogens (tertiary/aromatic N) is 6. The Morgan fingerprint density at radius 3 is 2.27 bits per heavy atom. The van der Waals surface area contributed by atoms with Crippen LogP contribution in [0.5, 0.6) is 0 Å². The van der Waals surface area contributed by atoms with E-state index in [0.717, 1.165) is 21.0 Å². The van der Waals surface area contributed by atoms with Crippen LogP contribution < -0.4 is 0 Å². The van der Waals surface area contributed by atoms with Gasteiger partial charge in [-0.15, -0.1) is 11.3 Å². The monoisotopic (exact) mass is 426 g/mol. The first kappa shape index (κ1) is 19.7. The molecule has 6 nitrogen and oxygen atoms in total. The lowest BCUT2D eigenvalue weighted by atomic mass is 9.75. The molecule has 30 heavy (non-hydrogen) atoms. The third kappa shape index (κ3) is 2.56. The molecule has 0 bridgehead atoms. The molecule has 2 aliphatic carbocycles. The molecule has 8 heteroatoms. The zero-order valence-electron chi connectivity index (χ0n) is 16.7. The van der Waals surface area contributed by atoms with E-state index in [-0.39, 0.29) is 17.0 Å². The van der Waals surface area contributed by atoms with Gasteiger partial charge in [0.1, 0.15) is 18.2 Å². The van der Waals surface area contributed by atoms with Crippen molar-refractivity contribution in [1.29, 1.82) is 15.8 Å². The van der Waals surface area contributed by atoms with Gasteiger partial charge in [-0.05, 0) is 22.8 Å². The first-order valence-electron chi connectivity index (χ1n) is 8.98. The highest BCUT2D eigenvalue weighted by Gasteiger charge is 2.48. The number of amidine groups is 1. The number of fused-ring (bicyclic) bond motifs is 5. The highest BCUT2D eigenvalue weighted by atomic mass is 32.1. The van der Waals surface area contributed by atoms with Crippen LogP contribution >= 0.6 is 22.7 Å².